The van der Waals surface area contributed by atoms with Gasteiger partial charge in [-0.3, -0.25) is 9.59 Å². The molecule has 0 radical (unpaired) electrons. The summed E-state index contributed by atoms with van der Waals surface area (Å²) in [5.41, 5.74) is 0. The van der Waals surface area contributed by atoms with E-state index in [9.17, 15) is 24.9 Å². The van der Waals surface area contributed by atoms with E-state index in [0.29, 0.717) is 25.7 Å². The van der Waals surface area contributed by atoms with Crippen LogP contribution in [0.5, 0.6) is 0 Å². The van der Waals surface area contributed by atoms with Crippen molar-refractivity contribution in [2.45, 2.75) is 193 Å². The predicted molar refractivity (Wildman–Crippen MR) is 203 cm³/mol. The van der Waals surface area contributed by atoms with Gasteiger partial charge < -0.3 is 24.8 Å². The van der Waals surface area contributed by atoms with Gasteiger partial charge in [0, 0.05) is 12.8 Å². The van der Waals surface area contributed by atoms with Crippen LogP contribution in [0.25, 0.3) is 0 Å². The number of rotatable bonds is 35. The molecule has 0 rings (SSSR count). The first-order chi connectivity index (χ1) is 23.9. The SMILES string of the molecule is CCCCC/C=C\C[C@@H](O)/C=C/C=C/C=C\[C@@H](O)CCCC(=O)OC[C@H](CO)OC(=O)CCCCCCCCCCCCCCCCCC. The Hall–Kier alpha value is -2.22. The van der Waals surface area contributed by atoms with Crippen LogP contribution in [-0.2, 0) is 19.1 Å². The Morgan fingerprint density at radius 3 is 1.61 bits per heavy atom. The van der Waals surface area contributed by atoms with Crippen LogP contribution >= 0.6 is 0 Å². The van der Waals surface area contributed by atoms with Gasteiger partial charge in [-0.1, -0.05) is 172 Å². The summed E-state index contributed by atoms with van der Waals surface area (Å²) in [5, 5.41) is 29.6. The van der Waals surface area contributed by atoms with E-state index in [0.717, 1.165) is 25.7 Å². The van der Waals surface area contributed by atoms with Crippen molar-refractivity contribution in [2.75, 3.05) is 13.2 Å². The zero-order chi connectivity index (χ0) is 36.0. The molecule has 0 saturated carbocycles. The van der Waals surface area contributed by atoms with Crippen LogP contribution in [0.2, 0.25) is 0 Å². The summed E-state index contributed by atoms with van der Waals surface area (Å²) in [5.74, 6) is -0.829. The molecule has 0 saturated heterocycles. The number of aliphatic hydroxyl groups is 3. The highest BCUT2D eigenvalue weighted by atomic mass is 16.6. The van der Waals surface area contributed by atoms with Crippen LogP contribution in [0.4, 0.5) is 0 Å². The first kappa shape index (κ1) is 46.8. The highest BCUT2D eigenvalue weighted by Gasteiger charge is 2.16. The van der Waals surface area contributed by atoms with Crippen molar-refractivity contribution in [3.63, 3.8) is 0 Å². The number of allylic oxidation sites excluding steroid dienone is 5. The number of aliphatic hydroxyl groups excluding tert-OH is 3. The molecule has 0 heterocycles. The maximum atomic E-state index is 12.2. The number of carbonyl (C=O) groups excluding carboxylic acids is 2. The molecule has 0 bridgehead atoms. The van der Waals surface area contributed by atoms with E-state index in [-0.39, 0.29) is 19.0 Å². The van der Waals surface area contributed by atoms with E-state index in [2.05, 4.69) is 19.9 Å². The number of hydrogen-bond donors (Lipinski definition) is 3. The van der Waals surface area contributed by atoms with Gasteiger partial charge in [-0.25, -0.2) is 0 Å². The van der Waals surface area contributed by atoms with Crippen molar-refractivity contribution in [1.82, 2.24) is 0 Å². The topological polar surface area (TPSA) is 113 Å². The molecule has 0 aromatic carbocycles. The van der Waals surface area contributed by atoms with Crippen LogP contribution in [0, 0.1) is 0 Å². The fraction of sp³-hybridized carbons (Fsp3) is 0.762. The van der Waals surface area contributed by atoms with Crippen molar-refractivity contribution >= 4 is 11.9 Å². The fourth-order valence-electron chi connectivity index (χ4n) is 5.45. The van der Waals surface area contributed by atoms with Crippen LogP contribution in [0.15, 0.2) is 48.6 Å². The zero-order valence-electron chi connectivity index (χ0n) is 31.4. The van der Waals surface area contributed by atoms with E-state index in [1.807, 2.05) is 6.08 Å². The molecule has 0 aromatic rings. The molecule has 3 atom stereocenters. The molecule has 0 aromatic heterocycles. The summed E-state index contributed by atoms with van der Waals surface area (Å²) in [6.07, 6.45) is 39.4. The second-order valence-corrected chi connectivity index (χ2v) is 13.4. The highest BCUT2D eigenvalue weighted by Crippen LogP contribution is 2.14. The normalized spacial score (nSPS) is 14.0. The molecule has 0 amide bonds. The third kappa shape index (κ3) is 35.4. The standard InChI is InChI=1S/C42H74O7/c1-3-5-7-9-11-12-13-14-15-16-17-18-19-20-22-28-34-42(47)49-40(36-43)37-48-41(46)35-29-33-39(45)32-27-24-23-26-31-38(44)30-25-21-10-8-6-4-2/h21,23-27,31-32,38-40,43-45H,3-20,22,28-30,33-37H2,1-2H3/b24-23+,25-21-,31-26+,32-27-/t38-,39-,40+/m1/s1. The van der Waals surface area contributed by atoms with Crippen molar-refractivity contribution in [3.8, 4) is 0 Å². The third-order valence-electron chi connectivity index (χ3n) is 8.57. The minimum absolute atomic E-state index is 0.125. The lowest BCUT2D eigenvalue weighted by Gasteiger charge is -2.16. The Labute approximate surface area is 300 Å². The Bertz CT molecular complexity index is 863. The Morgan fingerprint density at radius 1 is 0.571 bits per heavy atom. The molecule has 284 valence electrons. The summed E-state index contributed by atoms with van der Waals surface area (Å²) in [4.78, 5) is 24.3. The summed E-state index contributed by atoms with van der Waals surface area (Å²) in [6, 6.07) is 0. The Kier molecular flexibility index (Phi) is 35.4. The Morgan fingerprint density at radius 2 is 1.06 bits per heavy atom. The van der Waals surface area contributed by atoms with Gasteiger partial charge in [-0.15, -0.1) is 0 Å². The second kappa shape index (κ2) is 37.0. The lowest BCUT2D eigenvalue weighted by atomic mass is 10.0. The average Bonchev–Trinajstić information content (AvgIpc) is 3.09. The lowest BCUT2D eigenvalue weighted by molar-refractivity contribution is -0.161. The van der Waals surface area contributed by atoms with Crippen molar-refractivity contribution in [2.24, 2.45) is 0 Å². The van der Waals surface area contributed by atoms with Crippen LogP contribution in [0.1, 0.15) is 174 Å². The lowest BCUT2D eigenvalue weighted by Crippen LogP contribution is -2.28. The summed E-state index contributed by atoms with van der Waals surface area (Å²) in [7, 11) is 0. The second-order valence-electron chi connectivity index (χ2n) is 13.4. The minimum Gasteiger partial charge on any atom is -0.462 e. The van der Waals surface area contributed by atoms with Gasteiger partial charge in [0.15, 0.2) is 6.10 Å². The molecule has 0 unspecified atom stereocenters. The first-order valence-corrected chi connectivity index (χ1v) is 19.9. The van der Waals surface area contributed by atoms with Crippen LogP contribution < -0.4 is 0 Å². The number of unbranched alkanes of at least 4 members (excludes halogenated alkanes) is 18. The Balaban J connectivity index is 3.81. The van der Waals surface area contributed by atoms with Gasteiger partial charge >= 0.3 is 11.9 Å². The number of hydrogen-bond acceptors (Lipinski definition) is 7. The van der Waals surface area contributed by atoms with E-state index >= 15 is 0 Å². The molecule has 3 N–H and O–H groups in total. The molecular weight excluding hydrogens is 616 g/mol. The quantitative estimate of drug-likeness (QED) is 0.0262. The highest BCUT2D eigenvalue weighted by molar-refractivity contribution is 5.70. The molecule has 0 aliphatic carbocycles. The van der Waals surface area contributed by atoms with Crippen molar-refractivity contribution in [1.29, 1.82) is 0 Å². The first-order valence-electron chi connectivity index (χ1n) is 19.9. The molecule has 0 fully saturated rings. The van der Waals surface area contributed by atoms with Gasteiger partial charge in [0.05, 0.1) is 18.8 Å². The van der Waals surface area contributed by atoms with Gasteiger partial charge in [-0.05, 0) is 38.5 Å². The van der Waals surface area contributed by atoms with Crippen LogP contribution in [0.3, 0.4) is 0 Å². The van der Waals surface area contributed by atoms with Gasteiger partial charge in [-0.2, -0.15) is 0 Å². The van der Waals surface area contributed by atoms with E-state index in [1.165, 1.54) is 103 Å². The predicted octanol–water partition coefficient (Wildman–Crippen LogP) is 10.2. The average molecular weight is 691 g/mol. The van der Waals surface area contributed by atoms with E-state index in [1.54, 1.807) is 36.5 Å². The number of esters is 2. The maximum Gasteiger partial charge on any atom is 0.306 e. The fourth-order valence-corrected chi connectivity index (χ4v) is 5.45. The molecule has 0 aliphatic rings. The van der Waals surface area contributed by atoms with Gasteiger partial charge in [0.25, 0.3) is 0 Å². The molecular formula is C42H74O7. The van der Waals surface area contributed by atoms with E-state index < -0.39 is 30.9 Å². The van der Waals surface area contributed by atoms with Crippen molar-refractivity contribution < 1.29 is 34.4 Å². The molecule has 7 nitrogen and oxygen atoms in total. The summed E-state index contributed by atoms with van der Waals surface area (Å²) in [6.45, 7) is 3.87. The third-order valence-corrected chi connectivity index (χ3v) is 8.57. The smallest absolute Gasteiger partial charge is 0.306 e. The molecule has 0 spiro atoms. The molecule has 49 heavy (non-hydrogen) atoms. The number of carbonyl (C=O) groups is 2. The van der Waals surface area contributed by atoms with E-state index in [4.69, 9.17) is 9.47 Å². The van der Waals surface area contributed by atoms with Crippen molar-refractivity contribution in [3.05, 3.63) is 48.6 Å². The summed E-state index contributed by atoms with van der Waals surface area (Å²) >= 11 is 0. The van der Waals surface area contributed by atoms with Crippen LogP contribution in [-0.4, -0.2) is 58.8 Å². The molecule has 7 heteroatoms. The summed E-state index contributed by atoms with van der Waals surface area (Å²) < 4.78 is 10.5. The van der Waals surface area contributed by atoms with Gasteiger partial charge in [0.1, 0.15) is 6.61 Å². The minimum atomic E-state index is -0.861. The van der Waals surface area contributed by atoms with Gasteiger partial charge in [0.2, 0.25) is 0 Å². The maximum absolute atomic E-state index is 12.2. The number of ether oxygens (including phenoxy) is 2. The monoisotopic (exact) mass is 691 g/mol. The zero-order valence-corrected chi connectivity index (χ0v) is 31.4. The molecule has 0 aliphatic heterocycles. The largest absolute Gasteiger partial charge is 0.462 e.